The minimum absolute atomic E-state index is 0.199. The molecule has 3 aromatic rings. The first-order chi connectivity index (χ1) is 13.2. The van der Waals surface area contributed by atoms with Crippen molar-refractivity contribution < 1.29 is 9.47 Å². The van der Waals surface area contributed by atoms with Crippen molar-refractivity contribution in [1.82, 2.24) is 5.32 Å². The normalized spacial score (nSPS) is 10.8. The molecule has 140 valence electrons. The van der Waals surface area contributed by atoms with Crippen LogP contribution in [0.5, 0.6) is 11.5 Å². The summed E-state index contributed by atoms with van der Waals surface area (Å²) in [5.74, 6) is 1.81. The van der Waals surface area contributed by atoms with Crippen molar-refractivity contribution in [1.29, 1.82) is 0 Å². The van der Waals surface area contributed by atoms with Crippen LogP contribution in [0, 0.1) is 0 Å². The van der Waals surface area contributed by atoms with E-state index in [0.717, 1.165) is 24.6 Å². The number of hydrogen-bond acceptors (Lipinski definition) is 3. The molecule has 0 amide bonds. The van der Waals surface area contributed by atoms with E-state index in [4.69, 9.17) is 9.47 Å². The van der Waals surface area contributed by atoms with Gasteiger partial charge in [0.15, 0.2) is 0 Å². The van der Waals surface area contributed by atoms with Crippen LogP contribution in [-0.2, 0) is 19.7 Å². The third kappa shape index (κ3) is 6.46. The molecule has 0 aliphatic heterocycles. The summed E-state index contributed by atoms with van der Waals surface area (Å²) in [4.78, 5) is 0. The highest BCUT2D eigenvalue weighted by atomic mass is 16.5. The predicted molar refractivity (Wildman–Crippen MR) is 110 cm³/mol. The number of hydrogen-bond donors (Lipinski definition) is 1. The number of nitrogens with one attached hydrogen (secondary N) is 1. The second kappa shape index (κ2) is 9.79. The molecular weight excluding hydrogens is 334 g/mol. The first-order valence-electron chi connectivity index (χ1n) is 9.41. The largest absolute Gasteiger partial charge is 0.491 e. The Kier molecular flexibility index (Phi) is 6.89. The highest BCUT2D eigenvalue weighted by Crippen LogP contribution is 2.16. The number of benzene rings is 3. The quantitative estimate of drug-likeness (QED) is 0.558. The molecule has 0 radical (unpaired) electrons. The number of ether oxygens (including phenoxy) is 2. The van der Waals surface area contributed by atoms with Gasteiger partial charge in [0.1, 0.15) is 18.1 Å². The van der Waals surface area contributed by atoms with E-state index in [1.165, 1.54) is 16.7 Å². The zero-order valence-corrected chi connectivity index (χ0v) is 16.0. The van der Waals surface area contributed by atoms with E-state index in [1.54, 1.807) is 0 Å². The van der Waals surface area contributed by atoms with Crippen LogP contribution in [-0.4, -0.2) is 6.10 Å². The van der Waals surface area contributed by atoms with Gasteiger partial charge in [0.05, 0.1) is 6.10 Å². The molecule has 0 aliphatic carbocycles. The summed E-state index contributed by atoms with van der Waals surface area (Å²) in [7, 11) is 0. The third-order valence-corrected chi connectivity index (χ3v) is 4.10. The predicted octanol–water partition coefficient (Wildman–Crippen LogP) is 5.34. The minimum atomic E-state index is 0.199. The molecule has 0 fully saturated rings. The standard InChI is InChI=1S/C24H27NO2/c1-19(2)27-23-13-11-20(12-14-23)16-25-17-22-9-6-10-24(15-22)26-18-21-7-4-3-5-8-21/h3-15,19,25H,16-18H2,1-2H3. The van der Waals surface area contributed by atoms with Gasteiger partial charge in [-0.2, -0.15) is 0 Å². The van der Waals surface area contributed by atoms with Crippen molar-refractivity contribution >= 4 is 0 Å². The summed E-state index contributed by atoms with van der Waals surface area (Å²) >= 11 is 0. The average Bonchev–Trinajstić information content (AvgIpc) is 2.69. The Morgan fingerprint density at radius 2 is 1.41 bits per heavy atom. The molecule has 27 heavy (non-hydrogen) atoms. The van der Waals surface area contributed by atoms with Crippen molar-refractivity contribution in [3.05, 3.63) is 95.6 Å². The van der Waals surface area contributed by atoms with E-state index in [-0.39, 0.29) is 6.10 Å². The van der Waals surface area contributed by atoms with Crippen molar-refractivity contribution in [3.8, 4) is 11.5 Å². The van der Waals surface area contributed by atoms with Crippen LogP contribution < -0.4 is 14.8 Å². The van der Waals surface area contributed by atoms with Gasteiger partial charge in [0, 0.05) is 13.1 Å². The van der Waals surface area contributed by atoms with Crippen LogP contribution in [0.2, 0.25) is 0 Å². The molecule has 0 aromatic heterocycles. The fourth-order valence-corrected chi connectivity index (χ4v) is 2.80. The van der Waals surface area contributed by atoms with Crippen LogP contribution in [0.3, 0.4) is 0 Å². The fraction of sp³-hybridized carbons (Fsp3) is 0.250. The van der Waals surface area contributed by atoms with E-state index in [1.807, 2.05) is 56.3 Å². The lowest BCUT2D eigenvalue weighted by Gasteiger charge is -2.11. The Balaban J connectivity index is 1.47. The molecule has 1 N–H and O–H groups in total. The zero-order chi connectivity index (χ0) is 18.9. The summed E-state index contributed by atoms with van der Waals surface area (Å²) in [6.45, 7) is 6.27. The Morgan fingerprint density at radius 3 is 2.15 bits per heavy atom. The van der Waals surface area contributed by atoms with Crippen LogP contribution in [0.4, 0.5) is 0 Å². The van der Waals surface area contributed by atoms with Gasteiger partial charge in [-0.05, 0) is 54.8 Å². The highest BCUT2D eigenvalue weighted by Gasteiger charge is 2.01. The van der Waals surface area contributed by atoms with Crippen molar-refractivity contribution in [2.45, 2.75) is 39.6 Å². The van der Waals surface area contributed by atoms with Crippen LogP contribution >= 0.6 is 0 Å². The van der Waals surface area contributed by atoms with Gasteiger partial charge in [0.25, 0.3) is 0 Å². The molecule has 0 spiro atoms. The van der Waals surface area contributed by atoms with Gasteiger partial charge in [-0.3, -0.25) is 0 Å². The molecule has 0 aliphatic rings. The maximum Gasteiger partial charge on any atom is 0.120 e. The van der Waals surface area contributed by atoms with E-state index in [2.05, 4.69) is 41.7 Å². The summed E-state index contributed by atoms with van der Waals surface area (Å²) in [6, 6.07) is 26.7. The summed E-state index contributed by atoms with van der Waals surface area (Å²) in [6.07, 6.45) is 0.199. The molecule has 0 atom stereocenters. The summed E-state index contributed by atoms with van der Waals surface area (Å²) in [5.41, 5.74) is 3.62. The van der Waals surface area contributed by atoms with Gasteiger partial charge < -0.3 is 14.8 Å². The topological polar surface area (TPSA) is 30.5 Å². The molecule has 3 heteroatoms. The SMILES string of the molecule is CC(C)Oc1ccc(CNCc2cccc(OCc3ccccc3)c2)cc1. The Hall–Kier alpha value is -2.78. The molecule has 0 saturated heterocycles. The first kappa shape index (κ1) is 19.0. The molecule has 3 rings (SSSR count). The van der Waals surface area contributed by atoms with Crippen molar-refractivity contribution in [3.63, 3.8) is 0 Å². The van der Waals surface area contributed by atoms with E-state index in [9.17, 15) is 0 Å². The van der Waals surface area contributed by atoms with Crippen molar-refractivity contribution in [2.75, 3.05) is 0 Å². The average molecular weight is 361 g/mol. The second-order valence-corrected chi connectivity index (χ2v) is 6.84. The Morgan fingerprint density at radius 1 is 0.704 bits per heavy atom. The molecule has 3 aromatic carbocycles. The summed E-state index contributed by atoms with van der Waals surface area (Å²) < 4.78 is 11.6. The Labute approximate surface area is 162 Å². The van der Waals surface area contributed by atoms with Gasteiger partial charge in [-0.1, -0.05) is 54.6 Å². The molecule has 0 heterocycles. The van der Waals surface area contributed by atoms with Crippen LogP contribution in [0.15, 0.2) is 78.9 Å². The maximum absolute atomic E-state index is 5.90. The van der Waals surface area contributed by atoms with Crippen molar-refractivity contribution in [2.24, 2.45) is 0 Å². The molecular formula is C24H27NO2. The molecule has 0 saturated carbocycles. The summed E-state index contributed by atoms with van der Waals surface area (Å²) in [5, 5.41) is 3.48. The van der Waals surface area contributed by atoms with Gasteiger partial charge in [-0.15, -0.1) is 0 Å². The highest BCUT2D eigenvalue weighted by molar-refractivity contribution is 5.30. The third-order valence-electron chi connectivity index (χ3n) is 4.10. The Bertz CT molecular complexity index is 813. The fourth-order valence-electron chi connectivity index (χ4n) is 2.80. The zero-order valence-electron chi connectivity index (χ0n) is 16.0. The molecule has 3 nitrogen and oxygen atoms in total. The van der Waals surface area contributed by atoms with Gasteiger partial charge in [0.2, 0.25) is 0 Å². The monoisotopic (exact) mass is 361 g/mol. The first-order valence-corrected chi connectivity index (χ1v) is 9.41. The molecule has 0 unspecified atom stereocenters. The van der Waals surface area contributed by atoms with Crippen LogP contribution in [0.25, 0.3) is 0 Å². The number of rotatable bonds is 9. The van der Waals surface area contributed by atoms with Gasteiger partial charge >= 0.3 is 0 Å². The molecule has 0 bridgehead atoms. The smallest absolute Gasteiger partial charge is 0.120 e. The van der Waals surface area contributed by atoms with E-state index >= 15 is 0 Å². The lowest BCUT2D eigenvalue weighted by molar-refractivity contribution is 0.242. The van der Waals surface area contributed by atoms with Crippen LogP contribution in [0.1, 0.15) is 30.5 Å². The van der Waals surface area contributed by atoms with E-state index in [0.29, 0.717) is 6.61 Å². The van der Waals surface area contributed by atoms with E-state index < -0.39 is 0 Å². The second-order valence-electron chi connectivity index (χ2n) is 6.84. The maximum atomic E-state index is 5.90. The minimum Gasteiger partial charge on any atom is -0.491 e. The van der Waals surface area contributed by atoms with Gasteiger partial charge in [-0.25, -0.2) is 0 Å². The lowest BCUT2D eigenvalue weighted by Crippen LogP contribution is -2.12. The lowest BCUT2D eigenvalue weighted by atomic mass is 10.2.